The van der Waals surface area contributed by atoms with E-state index in [1.165, 1.54) is 0 Å². The summed E-state index contributed by atoms with van der Waals surface area (Å²) >= 11 is 0. The zero-order chi connectivity index (χ0) is 8.27. The van der Waals surface area contributed by atoms with Crippen LogP contribution in [0.5, 0.6) is 0 Å². The van der Waals surface area contributed by atoms with Crippen LogP contribution in [0.25, 0.3) is 0 Å². The number of hydrogen-bond donors (Lipinski definition) is 1. The second kappa shape index (κ2) is 3.44. The van der Waals surface area contributed by atoms with Crippen molar-refractivity contribution in [1.29, 1.82) is 0 Å². The van der Waals surface area contributed by atoms with Gasteiger partial charge in [-0.25, -0.2) is 0 Å². The molecule has 0 fully saturated rings. The van der Waals surface area contributed by atoms with Gasteiger partial charge in [0.25, 0.3) is 0 Å². The molecule has 0 radical (unpaired) electrons. The molecule has 60 valence electrons. The monoisotopic (exact) mass is 151 g/mol. The van der Waals surface area contributed by atoms with Gasteiger partial charge in [0.05, 0.1) is 11.4 Å². The molecule has 1 aromatic heterocycles. The quantitative estimate of drug-likeness (QED) is 0.687. The fraction of sp³-hybridized carbons (Fsp3) is 0.500. The first-order valence-electron chi connectivity index (χ1n) is 3.75. The van der Waals surface area contributed by atoms with E-state index in [9.17, 15) is 0 Å². The van der Waals surface area contributed by atoms with Crippen molar-refractivity contribution >= 4 is 0 Å². The summed E-state index contributed by atoms with van der Waals surface area (Å²) in [4.78, 5) is 8.34. The Morgan fingerprint density at radius 1 is 1.45 bits per heavy atom. The van der Waals surface area contributed by atoms with Crippen molar-refractivity contribution in [2.45, 2.75) is 26.3 Å². The van der Waals surface area contributed by atoms with Crippen LogP contribution in [0.2, 0.25) is 0 Å². The summed E-state index contributed by atoms with van der Waals surface area (Å²) in [5.74, 6) is 0.425. The summed E-state index contributed by atoms with van der Waals surface area (Å²) in [6.45, 7) is 4.64. The zero-order valence-corrected chi connectivity index (χ0v) is 6.91. The van der Waals surface area contributed by atoms with Crippen molar-refractivity contribution in [2.24, 2.45) is 5.73 Å². The van der Waals surface area contributed by atoms with Gasteiger partial charge in [0.1, 0.15) is 0 Å². The summed E-state index contributed by atoms with van der Waals surface area (Å²) in [6.07, 6.45) is 3.48. The van der Waals surface area contributed by atoms with E-state index in [0.29, 0.717) is 12.5 Å². The van der Waals surface area contributed by atoms with Gasteiger partial charge in [-0.15, -0.1) is 0 Å². The molecule has 1 rings (SSSR count). The summed E-state index contributed by atoms with van der Waals surface area (Å²) < 4.78 is 0. The van der Waals surface area contributed by atoms with Crippen LogP contribution in [0.4, 0.5) is 0 Å². The number of nitrogens with zero attached hydrogens (tertiary/aromatic N) is 2. The molecule has 0 spiro atoms. The number of hydrogen-bond acceptors (Lipinski definition) is 3. The van der Waals surface area contributed by atoms with E-state index in [1.54, 1.807) is 12.4 Å². The lowest BCUT2D eigenvalue weighted by atomic mass is 10.1. The molecule has 0 bridgehead atoms. The lowest BCUT2D eigenvalue weighted by Gasteiger charge is -2.03. The van der Waals surface area contributed by atoms with Gasteiger partial charge in [-0.05, 0) is 5.92 Å². The Kier molecular flexibility index (Phi) is 2.54. The van der Waals surface area contributed by atoms with Gasteiger partial charge in [-0.1, -0.05) is 13.8 Å². The standard InChI is InChI=1S/C8H13N3/c1-6(2)8-5-10-4-7(3-9)11-8/h4-6H,3,9H2,1-2H3. The van der Waals surface area contributed by atoms with E-state index in [2.05, 4.69) is 23.8 Å². The van der Waals surface area contributed by atoms with Crippen LogP contribution in [0.15, 0.2) is 12.4 Å². The van der Waals surface area contributed by atoms with Crippen LogP contribution in [0.1, 0.15) is 31.2 Å². The summed E-state index contributed by atoms with van der Waals surface area (Å²) in [6, 6.07) is 0. The number of rotatable bonds is 2. The zero-order valence-electron chi connectivity index (χ0n) is 6.91. The maximum absolute atomic E-state index is 5.42. The molecule has 0 saturated carbocycles. The molecule has 1 heterocycles. The van der Waals surface area contributed by atoms with Gasteiger partial charge in [-0.2, -0.15) is 0 Å². The van der Waals surface area contributed by atoms with E-state index in [4.69, 9.17) is 5.73 Å². The number of aromatic nitrogens is 2. The van der Waals surface area contributed by atoms with Gasteiger partial charge in [-0.3, -0.25) is 9.97 Å². The highest BCUT2D eigenvalue weighted by Gasteiger charge is 2.00. The molecular weight excluding hydrogens is 138 g/mol. The highest BCUT2D eigenvalue weighted by Crippen LogP contribution is 2.09. The van der Waals surface area contributed by atoms with Crippen molar-refractivity contribution in [1.82, 2.24) is 9.97 Å². The number of nitrogens with two attached hydrogens (primary N) is 1. The fourth-order valence-electron chi connectivity index (χ4n) is 0.800. The lowest BCUT2D eigenvalue weighted by molar-refractivity contribution is 0.789. The molecule has 0 aliphatic heterocycles. The molecule has 3 nitrogen and oxygen atoms in total. The Morgan fingerprint density at radius 2 is 2.18 bits per heavy atom. The lowest BCUT2D eigenvalue weighted by Crippen LogP contribution is -2.03. The Bertz CT molecular complexity index is 233. The minimum atomic E-state index is 0.425. The first kappa shape index (κ1) is 8.14. The molecule has 0 atom stereocenters. The topological polar surface area (TPSA) is 51.8 Å². The molecule has 0 aliphatic carbocycles. The Labute approximate surface area is 66.7 Å². The summed E-state index contributed by atoms with van der Waals surface area (Å²) in [7, 11) is 0. The van der Waals surface area contributed by atoms with Gasteiger partial charge < -0.3 is 5.73 Å². The minimum Gasteiger partial charge on any atom is -0.325 e. The predicted octanol–water partition coefficient (Wildman–Crippen LogP) is 1.06. The van der Waals surface area contributed by atoms with Crippen LogP contribution < -0.4 is 5.73 Å². The highest BCUT2D eigenvalue weighted by molar-refractivity contribution is 5.06. The largest absolute Gasteiger partial charge is 0.325 e. The Hall–Kier alpha value is -0.960. The molecule has 0 aliphatic rings. The van der Waals surface area contributed by atoms with Crippen molar-refractivity contribution in [2.75, 3.05) is 0 Å². The Morgan fingerprint density at radius 3 is 2.73 bits per heavy atom. The smallest absolute Gasteiger partial charge is 0.0725 e. The van der Waals surface area contributed by atoms with Crippen LogP contribution in [-0.4, -0.2) is 9.97 Å². The van der Waals surface area contributed by atoms with E-state index in [-0.39, 0.29) is 0 Å². The van der Waals surface area contributed by atoms with Gasteiger partial charge in [0.2, 0.25) is 0 Å². The predicted molar refractivity (Wildman–Crippen MR) is 44.0 cm³/mol. The van der Waals surface area contributed by atoms with Crippen molar-refractivity contribution in [3.05, 3.63) is 23.8 Å². The van der Waals surface area contributed by atoms with E-state index < -0.39 is 0 Å². The molecule has 0 saturated heterocycles. The van der Waals surface area contributed by atoms with Crippen LogP contribution in [0.3, 0.4) is 0 Å². The fourth-order valence-corrected chi connectivity index (χ4v) is 0.800. The van der Waals surface area contributed by atoms with E-state index in [1.807, 2.05) is 0 Å². The molecule has 1 aromatic rings. The second-order valence-electron chi connectivity index (χ2n) is 2.79. The van der Waals surface area contributed by atoms with Crippen LogP contribution >= 0.6 is 0 Å². The third kappa shape index (κ3) is 1.98. The van der Waals surface area contributed by atoms with Gasteiger partial charge in [0.15, 0.2) is 0 Å². The SMILES string of the molecule is CC(C)c1cncc(CN)n1. The molecule has 0 amide bonds. The Balaban J connectivity index is 2.91. The summed E-state index contributed by atoms with van der Waals surface area (Å²) in [5, 5.41) is 0. The second-order valence-corrected chi connectivity index (χ2v) is 2.79. The van der Waals surface area contributed by atoms with Crippen molar-refractivity contribution < 1.29 is 0 Å². The summed E-state index contributed by atoms with van der Waals surface area (Å²) in [5.41, 5.74) is 7.28. The maximum Gasteiger partial charge on any atom is 0.0725 e. The van der Waals surface area contributed by atoms with Crippen LogP contribution in [-0.2, 0) is 6.54 Å². The first-order chi connectivity index (χ1) is 5.24. The molecular formula is C8H13N3. The molecule has 0 unspecified atom stereocenters. The van der Waals surface area contributed by atoms with Crippen molar-refractivity contribution in [3.63, 3.8) is 0 Å². The minimum absolute atomic E-state index is 0.425. The molecule has 0 aromatic carbocycles. The van der Waals surface area contributed by atoms with E-state index in [0.717, 1.165) is 11.4 Å². The molecule has 11 heavy (non-hydrogen) atoms. The third-order valence-electron chi connectivity index (χ3n) is 1.50. The maximum atomic E-state index is 5.42. The average molecular weight is 151 g/mol. The normalized spacial score (nSPS) is 10.5. The first-order valence-corrected chi connectivity index (χ1v) is 3.75. The van der Waals surface area contributed by atoms with E-state index >= 15 is 0 Å². The van der Waals surface area contributed by atoms with Crippen molar-refractivity contribution in [3.8, 4) is 0 Å². The molecule has 2 N–H and O–H groups in total. The third-order valence-corrected chi connectivity index (χ3v) is 1.50. The van der Waals surface area contributed by atoms with Gasteiger partial charge in [0, 0.05) is 18.9 Å². The van der Waals surface area contributed by atoms with Crippen LogP contribution in [0, 0.1) is 0 Å². The molecule has 3 heteroatoms. The average Bonchev–Trinajstić information content (AvgIpc) is 2.05. The highest BCUT2D eigenvalue weighted by atomic mass is 14.8. The van der Waals surface area contributed by atoms with Gasteiger partial charge >= 0.3 is 0 Å².